The van der Waals surface area contributed by atoms with Crippen LogP contribution < -0.4 is 21.7 Å². The van der Waals surface area contributed by atoms with Crippen LogP contribution in [0.1, 0.15) is 69.5 Å². The molecule has 1 unspecified atom stereocenters. The van der Waals surface area contributed by atoms with Gasteiger partial charge in [-0.2, -0.15) is 0 Å². The average molecular weight is 397 g/mol. The van der Waals surface area contributed by atoms with Gasteiger partial charge in [0.05, 0.1) is 0 Å². The minimum absolute atomic E-state index is 0. The van der Waals surface area contributed by atoms with Gasteiger partial charge in [0.1, 0.15) is 5.54 Å². The maximum atomic E-state index is 12.8. The van der Waals surface area contributed by atoms with Crippen LogP contribution in [0.2, 0.25) is 0 Å². The fourth-order valence-electron chi connectivity index (χ4n) is 3.43. The third-order valence-electron chi connectivity index (χ3n) is 5.10. The van der Waals surface area contributed by atoms with Gasteiger partial charge in [0, 0.05) is 19.1 Å². The van der Waals surface area contributed by atoms with Gasteiger partial charge in [-0.3, -0.25) is 4.79 Å². The van der Waals surface area contributed by atoms with Crippen LogP contribution in [0, 0.1) is 0 Å². The molecule has 152 valence electrons. The number of nitrogens with two attached hydrogens (primary N) is 1. The fraction of sp³-hybridized carbons (Fsp3) is 0.600. The van der Waals surface area contributed by atoms with Gasteiger partial charge in [0.15, 0.2) is 0 Å². The van der Waals surface area contributed by atoms with E-state index in [0.29, 0.717) is 31.8 Å². The molecular formula is C20H33ClN4O2. The lowest BCUT2D eigenvalue weighted by Gasteiger charge is -2.29. The van der Waals surface area contributed by atoms with Crippen molar-refractivity contribution in [3.63, 3.8) is 0 Å². The third-order valence-corrected chi connectivity index (χ3v) is 5.10. The third kappa shape index (κ3) is 6.11. The van der Waals surface area contributed by atoms with Crippen molar-refractivity contribution in [2.24, 2.45) is 5.73 Å². The second-order valence-corrected chi connectivity index (χ2v) is 7.41. The van der Waals surface area contributed by atoms with Crippen molar-refractivity contribution in [3.05, 3.63) is 35.4 Å². The second kappa shape index (κ2) is 10.5. The summed E-state index contributed by atoms with van der Waals surface area (Å²) in [5, 5.41) is 8.52. The van der Waals surface area contributed by atoms with Crippen LogP contribution in [0.25, 0.3) is 0 Å². The lowest BCUT2D eigenvalue weighted by molar-refractivity contribution is -0.127. The molecule has 3 amide bonds. The first-order valence-electron chi connectivity index (χ1n) is 9.57. The normalized spacial score (nSPS) is 16.3. The van der Waals surface area contributed by atoms with Crippen LogP contribution in [-0.2, 0) is 4.79 Å². The zero-order chi connectivity index (χ0) is 19.2. The quantitative estimate of drug-likeness (QED) is 0.570. The van der Waals surface area contributed by atoms with Crippen LogP contribution in [-0.4, -0.2) is 30.6 Å². The van der Waals surface area contributed by atoms with Crippen LogP contribution in [0.15, 0.2) is 24.3 Å². The molecule has 6 nitrogen and oxygen atoms in total. The monoisotopic (exact) mass is 396 g/mol. The van der Waals surface area contributed by atoms with Crippen molar-refractivity contribution < 1.29 is 9.59 Å². The Hall–Kier alpha value is -1.79. The standard InChI is InChI=1S/C20H32N4O2.ClH/c1-4-22-19(26)24-20(11-5-6-12-20)18(25)23-13-17(21)16-9-7-15(8-10-16)14(2)3;/h7-10,14,17H,4-6,11-13,21H2,1-3H3,(H,23,25)(H2,22,24,26);1H. The molecule has 0 bridgehead atoms. The second-order valence-electron chi connectivity index (χ2n) is 7.41. The molecule has 0 saturated heterocycles. The predicted molar refractivity (Wildman–Crippen MR) is 111 cm³/mol. The number of rotatable bonds is 7. The Labute approximate surface area is 168 Å². The lowest BCUT2D eigenvalue weighted by Crippen LogP contribution is -2.59. The van der Waals surface area contributed by atoms with Gasteiger partial charge < -0.3 is 21.7 Å². The smallest absolute Gasteiger partial charge is 0.315 e. The molecule has 1 aromatic carbocycles. The number of carbonyl (C=O) groups is 2. The molecule has 1 aliphatic carbocycles. The molecule has 0 aromatic heterocycles. The first kappa shape index (κ1) is 23.2. The highest BCUT2D eigenvalue weighted by Gasteiger charge is 2.42. The van der Waals surface area contributed by atoms with Gasteiger partial charge in [-0.05, 0) is 36.8 Å². The van der Waals surface area contributed by atoms with E-state index >= 15 is 0 Å². The van der Waals surface area contributed by atoms with Gasteiger partial charge in [-0.25, -0.2) is 4.79 Å². The molecule has 1 aliphatic rings. The van der Waals surface area contributed by atoms with Crippen LogP contribution >= 0.6 is 12.4 Å². The van der Waals surface area contributed by atoms with Crippen LogP contribution in [0.4, 0.5) is 4.79 Å². The number of urea groups is 1. The topological polar surface area (TPSA) is 96.2 Å². The van der Waals surface area contributed by atoms with E-state index < -0.39 is 5.54 Å². The Kier molecular flexibility index (Phi) is 9.06. The van der Waals surface area contributed by atoms with Crippen molar-refractivity contribution >= 4 is 24.3 Å². The van der Waals surface area contributed by atoms with Crippen molar-refractivity contribution in [1.82, 2.24) is 16.0 Å². The number of halogens is 1. The number of amides is 3. The molecule has 0 spiro atoms. The maximum absolute atomic E-state index is 12.8. The molecule has 0 radical (unpaired) electrons. The molecule has 5 N–H and O–H groups in total. The number of nitrogens with one attached hydrogen (secondary N) is 3. The lowest BCUT2D eigenvalue weighted by atomic mass is 9.95. The van der Waals surface area contributed by atoms with Gasteiger partial charge >= 0.3 is 6.03 Å². The molecular weight excluding hydrogens is 364 g/mol. The summed E-state index contributed by atoms with van der Waals surface area (Å²) < 4.78 is 0. The largest absolute Gasteiger partial charge is 0.352 e. The van der Waals surface area contributed by atoms with Crippen LogP contribution in [0.5, 0.6) is 0 Å². The highest BCUT2D eigenvalue weighted by molar-refractivity contribution is 5.91. The minimum Gasteiger partial charge on any atom is -0.352 e. The summed E-state index contributed by atoms with van der Waals surface area (Å²) in [6.45, 7) is 7.03. The molecule has 1 aromatic rings. The Morgan fingerprint density at radius 3 is 2.15 bits per heavy atom. The predicted octanol–water partition coefficient (Wildman–Crippen LogP) is 2.98. The molecule has 7 heteroatoms. The minimum atomic E-state index is -0.819. The zero-order valence-electron chi connectivity index (χ0n) is 16.5. The van der Waals surface area contributed by atoms with Crippen molar-refractivity contribution in [2.45, 2.75) is 64.0 Å². The Morgan fingerprint density at radius 2 is 1.63 bits per heavy atom. The summed E-state index contributed by atoms with van der Waals surface area (Å²) >= 11 is 0. The van der Waals surface area contributed by atoms with E-state index in [1.807, 2.05) is 19.1 Å². The summed E-state index contributed by atoms with van der Waals surface area (Å²) in [6.07, 6.45) is 3.19. The molecule has 2 rings (SSSR count). The Bertz CT molecular complexity index is 613. The Balaban J connectivity index is 0.00000364. The highest BCUT2D eigenvalue weighted by atomic mass is 35.5. The molecule has 1 fully saturated rings. The highest BCUT2D eigenvalue weighted by Crippen LogP contribution is 2.30. The van der Waals surface area contributed by atoms with Crippen molar-refractivity contribution in [3.8, 4) is 0 Å². The van der Waals surface area contributed by atoms with E-state index in [1.165, 1.54) is 5.56 Å². The van der Waals surface area contributed by atoms with Crippen molar-refractivity contribution in [1.29, 1.82) is 0 Å². The fourth-order valence-corrected chi connectivity index (χ4v) is 3.43. The first-order chi connectivity index (χ1) is 12.4. The van der Waals surface area contributed by atoms with Crippen molar-refractivity contribution in [2.75, 3.05) is 13.1 Å². The van der Waals surface area contributed by atoms with E-state index in [0.717, 1.165) is 18.4 Å². The summed E-state index contributed by atoms with van der Waals surface area (Å²) in [7, 11) is 0. The first-order valence-corrected chi connectivity index (χ1v) is 9.57. The van der Waals surface area contributed by atoms with Gasteiger partial charge in [-0.1, -0.05) is 51.0 Å². The summed E-state index contributed by atoms with van der Waals surface area (Å²) in [4.78, 5) is 24.7. The van der Waals surface area contributed by atoms with Gasteiger partial charge in [0.2, 0.25) is 5.91 Å². The molecule has 1 atom stereocenters. The number of benzene rings is 1. The maximum Gasteiger partial charge on any atom is 0.315 e. The zero-order valence-corrected chi connectivity index (χ0v) is 17.3. The number of hydrogen-bond donors (Lipinski definition) is 4. The van der Waals surface area contributed by atoms with E-state index in [4.69, 9.17) is 5.73 Å². The number of carbonyl (C=O) groups excluding carboxylic acids is 2. The average Bonchev–Trinajstić information content (AvgIpc) is 3.09. The molecule has 27 heavy (non-hydrogen) atoms. The van der Waals surface area contributed by atoms with E-state index in [1.54, 1.807) is 0 Å². The van der Waals surface area contributed by atoms with Gasteiger partial charge in [-0.15, -0.1) is 12.4 Å². The van der Waals surface area contributed by atoms with E-state index in [-0.39, 0.29) is 30.4 Å². The summed E-state index contributed by atoms with van der Waals surface area (Å²) in [5.41, 5.74) is 7.68. The number of hydrogen-bond acceptors (Lipinski definition) is 3. The molecule has 1 saturated carbocycles. The summed E-state index contributed by atoms with van der Waals surface area (Å²) in [6, 6.07) is 7.63. The van der Waals surface area contributed by atoms with Crippen LogP contribution in [0.3, 0.4) is 0 Å². The van der Waals surface area contributed by atoms with E-state index in [9.17, 15) is 9.59 Å². The Morgan fingerprint density at radius 1 is 1.07 bits per heavy atom. The molecule has 0 aliphatic heterocycles. The van der Waals surface area contributed by atoms with Gasteiger partial charge in [0.25, 0.3) is 0 Å². The molecule has 0 heterocycles. The van der Waals surface area contributed by atoms with E-state index in [2.05, 4.69) is 41.9 Å². The SMILES string of the molecule is CCNC(=O)NC1(C(=O)NCC(N)c2ccc(C(C)C)cc2)CCCC1.Cl. The summed E-state index contributed by atoms with van der Waals surface area (Å²) in [5.74, 6) is 0.332.